The highest BCUT2D eigenvalue weighted by molar-refractivity contribution is 5.85. The largest absolute Gasteiger partial charge is 0.514 e. The van der Waals surface area contributed by atoms with E-state index in [1.165, 1.54) is 16.9 Å². The number of hydrogen-bond acceptors (Lipinski definition) is 6. The Balaban J connectivity index is 0.00000261. The number of halogens is 1. The first kappa shape index (κ1) is 20.2. The molecular weight excluding hydrogens is 372 g/mol. The van der Waals surface area contributed by atoms with Gasteiger partial charge in [-0.1, -0.05) is 6.07 Å². The number of hydrogen-bond donors (Lipinski definition) is 1. The number of pyridine rings is 2. The van der Waals surface area contributed by atoms with Crippen LogP contribution in [0.5, 0.6) is 5.75 Å². The van der Waals surface area contributed by atoms with Crippen molar-refractivity contribution in [3.05, 3.63) is 59.4 Å². The van der Waals surface area contributed by atoms with Crippen molar-refractivity contribution >= 4 is 18.6 Å². The van der Waals surface area contributed by atoms with Crippen LogP contribution in [0.2, 0.25) is 0 Å². The van der Waals surface area contributed by atoms with Crippen LogP contribution < -0.4 is 10.3 Å². The van der Waals surface area contributed by atoms with Gasteiger partial charge in [-0.05, 0) is 39.0 Å². The number of carbonyl (C=O) groups excluding carboxylic acids is 1. The fourth-order valence-electron chi connectivity index (χ4n) is 2.20. The van der Waals surface area contributed by atoms with E-state index in [1.807, 2.05) is 0 Å². The maximum atomic E-state index is 12.5. The van der Waals surface area contributed by atoms with Crippen LogP contribution in [0, 0.1) is 0 Å². The first-order chi connectivity index (χ1) is 12.3. The zero-order valence-corrected chi connectivity index (χ0v) is 15.8. The summed E-state index contributed by atoms with van der Waals surface area (Å²) in [5.74, 6) is 0.580. The Labute approximate surface area is 161 Å². The third-order valence-electron chi connectivity index (χ3n) is 3.28. The molecule has 0 aromatic carbocycles. The van der Waals surface area contributed by atoms with Gasteiger partial charge in [-0.15, -0.1) is 12.4 Å². The van der Waals surface area contributed by atoms with Crippen molar-refractivity contribution in [1.29, 1.82) is 0 Å². The van der Waals surface area contributed by atoms with Gasteiger partial charge in [-0.2, -0.15) is 0 Å². The van der Waals surface area contributed by atoms with Gasteiger partial charge in [0.15, 0.2) is 11.6 Å². The molecule has 0 bridgehead atoms. The van der Waals surface area contributed by atoms with Gasteiger partial charge in [-0.3, -0.25) is 14.9 Å². The molecule has 3 heterocycles. The van der Waals surface area contributed by atoms with E-state index in [0.717, 1.165) is 0 Å². The normalized spacial score (nSPS) is 10.8. The van der Waals surface area contributed by atoms with Gasteiger partial charge in [0.2, 0.25) is 0 Å². The molecule has 0 saturated heterocycles. The monoisotopic (exact) mass is 390 g/mol. The summed E-state index contributed by atoms with van der Waals surface area (Å²) in [6, 6.07) is 6.65. The predicted octanol–water partition coefficient (Wildman–Crippen LogP) is 3.36. The molecule has 3 aromatic heterocycles. The summed E-state index contributed by atoms with van der Waals surface area (Å²) in [6.07, 6.45) is 5.37. The summed E-state index contributed by atoms with van der Waals surface area (Å²) in [6.45, 7) is 5.23. The molecule has 1 N–H and O–H groups in total. The van der Waals surface area contributed by atoms with E-state index in [4.69, 9.17) is 9.47 Å². The summed E-state index contributed by atoms with van der Waals surface area (Å²) < 4.78 is 11.4. The van der Waals surface area contributed by atoms with E-state index in [9.17, 15) is 9.59 Å². The molecule has 9 heteroatoms. The molecule has 0 aliphatic carbocycles. The number of ether oxygens (including phenoxy) is 2. The highest BCUT2D eigenvalue weighted by atomic mass is 35.5. The molecule has 0 fully saturated rings. The van der Waals surface area contributed by atoms with Gasteiger partial charge in [0.1, 0.15) is 5.60 Å². The van der Waals surface area contributed by atoms with Crippen LogP contribution in [-0.4, -0.2) is 31.5 Å². The van der Waals surface area contributed by atoms with Crippen molar-refractivity contribution in [1.82, 2.24) is 19.7 Å². The van der Waals surface area contributed by atoms with Gasteiger partial charge in [-0.25, -0.2) is 14.5 Å². The van der Waals surface area contributed by atoms with E-state index in [-0.39, 0.29) is 23.7 Å². The second-order valence-corrected chi connectivity index (χ2v) is 6.49. The molecule has 3 aromatic rings. The number of aromatic nitrogens is 4. The van der Waals surface area contributed by atoms with Crippen LogP contribution in [-0.2, 0) is 4.74 Å². The number of nitrogens with one attached hydrogen (secondary N) is 1. The first-order valence-electron chi connectivity index (χ1n) is 7.91. The van der Waals surface area contributed by atoms with Gasteiger partial charge in [0, 0.05) is 24.2 Å². The van der Waals surface area contributed by atoms with E-state index in [1.54, 1.807) is 57.6 Å². The molecule has 8 nitrogen and oxygen atoms in total. The average molecular weight is 391 g/mol. The second kappa shape index (κ2) is 8.05. The minimum Gasteiger partial charge on any atom is -0.428 e. The number of aromatic amines is 1. The Morgan fingerprint density at radius 3 is 2.56 bits per heavy atom. The molecule has 27 heavy (non-hydrogen) atoms. The molecule has 0 radical (unpaired) electrons. The molecule has 0 saturated carbocycles. The lowest BCUT2D eigenvalue weighted by Gasteiger charge is -2.18. The molecule has 0 aliphatic rings. The van der Waals surface area contributed by atoms with Crippen molar-refractivity contribution in [2.45, 2.75) is 26.4 Å². The van der Waals surface area contributed by atoms with E-state index in [0.29, 0.717) is 16.9 Å². The fraction of sp³-hybridized carbons (Fsp3) is 0.222. The zero-order chi connectivity index (χ0) is 18.7. The predicted molar refractivity (Wildman–Crippen MR) is 102 cm³/mol. The van der Waals surface area contributed by atoms with Crippen LogP contribution in [0.1, 0.15) is 20.8 Å². The van der Waals surface area contributed by atoms with Crippen LogP contribution in [0.15, 0.2) is 53.8 Å². The smallest absolute Gasteiger partial charge is 0.428 e. The van der Waals surface area contributed by atoms with Gasteiger partial charge >= 0.3 is 6.16 Å². The minimum absolute atomic E-state index is 0. The lowest BCUT2D eigenvalue weighted by atomic mass is 10.2. The number of H-pyrrole nitrogens is 1. The van der Waals surface area contributed by atoms with Crippen LogP contribution in [0.4, 0.5) is 4.79 Å². The van der Waals surface area contributed by atoms with Crippen molar-refractivity contribution < 1.29 is 14.3 Å². The summed E-state index contributed by atoms with van der Waals surface area (Å²) in [5, 5.41) is 2.86. The third kappa shape index (κ3) is 4.95. The quantitative estimate of drug-likeness (QED) is 0.688. The molecule has 142 valence electrons. The van der Waals surface area contributed by atoms with Crippen molar-refractivity contribution in [2.24, 2.45) is 0 Å². The molecule has 0 amide bonds. The van der Waals surface area contributed by atoms with Crippen LogP contribution >= 0.6 is 12.4 Å². The Morgan fingerprint density at radius 1 is 1.19 bits per heavy atom. The number of carbonyl (C=O) groups is 1. The van der Waals surface area contributed by atoms with E-state index < -0.39 is 11.8 Å². The van der Waals surface area contributed by atoms with Crippen molar-refractivity contribution in [3.8, 4) is 22.7 Å². The van der Waals surface area contributed by atoms with Crippen molar-refractivity contribution in [3.63, 3.8) is 0 Å². The maximum Gasteiger partial charge on any atom is 0.514 e. The molecular formula is C18H19ClN4O4. The lowest BCUT2D eigenvalue weighted by molar-refractivity contribution is 0.0205. The highest BCUT2D eigenvalue weighted by Crippen LogP contribution is 2.16. The Morgan fingerprint density at radius 2 is 1.96 bits per heavy atom. The molecule has 0 aliphatic heterocycles. The van der Waals surface area contributed by atoms with E-state index in [2.05, 4.69) is 15.1 Å². The standard InChI is InChI=1S/C18H18N4O4.ClH/c1-18(2,3)26-17(24)25-13-6-7-15(20-10-13)22-16(23)14(11-21-22)12-5-4-8-19-9-12;/h4-11,21H,1-3H3;1H. The summed E-state index contributed by atoms with van der Waals surface area (Å²) in [4.78, 5) is 32.4. The molecule has 0 spiro atoms. The zero-order valence-electron chi connectivity index (χ0n) is 15.0. The first-order valence-corrected chi connectivity index (χ1v) is 7.91. The van der Waals surface area contributed by atoms with Crippen LogP contribution in [0.3, 0.4) is 0 Å². The Hall–Kier alpha value is -3.13. The second-order valence-electron chi connectivity index (χ2n) is 6.49. The van der Waals surface area contributed by atoms with Gasteiger partial charge < -0.3 is 9.47 Å². The fourth-order valence-corrected chi connectivity index (χ4v) is 2.20. The highest BCUT2D eigenvalue weighted by Gasteiger charge is 2.18. The Kier molecular flexibility index (Phi) is 6.02. The third-order valence-corrected chi connectivity index (χ3v) is 3.28. The maximum absolute atomic E-state index is 12.5. The SMILES string of the molecule is CC(C)(C)OC(=O)Oc1ccc(-n2[nH]cc(-c3cccnc3)c2=O)nc1.Cl. The topological polar surface area (TPSA) is 99.1 Å². The van der Waals surface area contributed by atoms with Crippen LogP contribution in [0.25, 0.3) is 16.9 Å². The summed E-state index contributed by atoms with van der Waals surface area (Å²) >= 11 is 0. The number of rotatable bonds is 3. The average Bonchev–Trinajstić information content (AvgIpc) is 2.96. The summed E-state index contributed by atoms with van der Waals surface area (Å²) in [5.41, 5.74) is 0.280. The molecule has 3 rings (SSSR count). The van der Waals surface area contributed by atoms with E-state index >= 15 is 0 Å². The number of nitrogens with zero attached hydrogens (tertiary/aromatic N) is 3. The van der Waals surface area contributed by atoms with Gasteiger partial charge in [0.25, 0.3) is 5.56 Å². The minimum atomic E-state index is -0.817. The van der Waals surface area contributed by atoms with Crippen molar-refractivity contribution in [2.75, 3.05) is 0 Å². The molecule has 0 atom stereocenters. The molecule has 0 unspecified atom stereocenters. The summed E-state index contributed by atoms with van der Waals surface area (Å²) in [7, 11) is 0. The lowest BCUT2D eigenvalue weighted by Crippen LogP contribution is -2.26. The Bertz CT molecular complexity index is 960. The van der Waals surface area contributed by atoms with Gasteiger partial charge in [0.05, 0.1) is 11.8 Å².